The van der Waals surface area contributed by atoms with Crippen LogP contribution >= 0.6 is 0 Å². The molecule has 1 aromatic carbocycles. The van der Waals surface area contributed by atoms with E-state index in [1.165, 1.54) is 4.57 Å². The Hall–Kier alpha value is -1.93. The molecule has 0 amide bonds. The van der Waals surface area contributed by atoms with Crippen molar-refractivity contribution in [3.05, 3.63) is 35.7 Å². The van der Waals surface area contributed by atoms with Crippen LogP contribution in [0.1, 0.15) is 18.3 Å². The van der Waals surface area contributed by atoms with E-state index in [-0.39, 0.29) is 5.16 Å². The zero-order chi connectivity index (χ0) is 14.8. The maximum atomic E-state index is 11.4. The summed E-state index contributed by atoms with van der Waals surface area (Å²) in [6, 6.07) is 7.48. The summed E-state index contributed by atoms with van der Waals surface area (Å²) >= 11 is 0. The summed E-state index contributed by atoms with van der Waals surface area (Å²) in [6.07, 6.45) is 0.452. The third-order valence-corrected chi connectivity index (χ3v) is 3.67. The molecule has 0 atom stereocenters. The molecule has 0 saturated carbocycles. The van der Waals surface area contributed by atoms with Gasteiger partial charge in [-0.25, -0.2) is 13.6 Å². The first-order chi connectivity index (χ1) is 9.45. The molecule has 7 nitrogen and oxygen atoms in total. The lowest BCUT2D eigenvalue weighted by Gasteiger charge is -2.07. The molecule has 20 heavy (non-hydrogen) atoms. The highest BCUT2D eigenvalue weighted by atomic mass is 32.2. The van der Waals surface area contributed by atoms with Crippen LogP contribution in [0.2, 0.25) is 0 Å². The number of primary sulfonamides is 1. The van der Waals surface area contributed by atoms with Crippen LogP contribution in [-0.2, 0) is 23.0 Å². The fourth-order valence-corrected chi connectivity index (χ4v) is 2.64. The van der Waals surface area contributed by atoms with Gasteiger partial charge in [-0.1, -0.05) is 12.1 Å². The summed E-state index contributed by atoms with van der Waals surface area (Å²) in [7, 11) is -2.28. The summed E-state index contributed by atoms with van der Waals surface area (Å²) in [5, 5.41) is 12.5. The lowest BCUT2D eigenvalue weighted by Crippen LogP contribution is -2.19. The van der Waals surface area contributed by atoms with Crippen molar-refractivity contribution in [3.8, 4) is 5.75 Å². The lowest BCUT2D eigenvalue weighted by molar-refractivity contribution is 0.414. The highest BCUT2D eigenvalue weighted by Crippen LogP contribution is 2.16. The minimum absolute atomic E-state index is 0.210. The van der Waals surface area contributed by atoms with Gasteiger partial charge in [0.2, 0.25) is 0 Å². The number of nitrogens with two attached hydrogens (primary N) is 1. The Morgan fingerprint density at radius 3 is 2.70 bits per heavy atom. The Kier molecular flexibility index (Phi) is 4.05. The molecule has 0 saturated heterocycles. The van der Waals surface area contributed by atoms with Crippen molar-refractivity contribution < 1.29 is 13.2 Å². The number of sulfonamides is 1. The number of benzene rings is 1. The molecule has 0 fully saturated rings. The summed E-state index contributed by atoms with van der Waals surface area (Å²) in [5.74, 6) is 1.28. The first-order valence-corrected chi connectivity index (χ1v) is 7.58. The van der Waals surface area contributed by atoms with Crippen molar-refractivity contribution in [2.24, 2.45) is 5.14 Å². The average Bonchev–Trinajstić information content (AvgIpc) is 2.81. The Bertz CT molecular complexity index is 709. The molecule has 1 aromatic heterocycles. The normalized spacial score (nSPS) is 11.6. The molecule has 0 aliphatic heterocycles. The highest BCUT2D eigenvalue weighted by molar-refractivity contribution is 7.89. The average molecular weight is 296 g/mol. The molecule has 2 rings (SSSR count). The number of rotatable bonds is 5. The number of methoxy groups -OCH3 is 1. The Balaban J connectivity index is 2.36. The van der Waals surface area contributed by atoms with E-state index in [1.807, 2.05) is 31.2 Å². The van der Waals surface area contributed by atoms with E-state index in [4.69, 9.17) is 9.88 Å². The number of hydrogen-bond donors (Lipinski definition) is 1. The molecule has 0 spiro atoms. The molecule has 2 N–H and O–H groups in total. The van der Waals surface area contributed by atoms with Crippen LogP contribution in [0.3, 0.4) is 0 Å². The van der Waals surface area contributed by atoms with E-state index in [0.717, 1.165) is 11.3 Å². The van der Waals surface area contributed by atoms with Crippen molar-refractivity contribution in [1.29, 1.82) is 0 Å². The van der Waals surface area contributed by atoms with Gasteiger partial charge in [-0.15, -0.1) is 10.2 Å². The molecule has 0 unspecified atom stereocenters. The minimum atomic E-state index is -3.87. The lowest BCUT2D eigenvalue weighted by atomic mass is 10.1. The number of ether oxygens (including phenoxy) is 1. The number of aromatic nitrogens is 3. The predicted octanol–water partition coefficient (Wildman–Crippen LogP) is 0.545. The summed E-state index contributed by atoms with van der Waals surface area (Å²) in [6.45, 7) is 2.24. The van der Waals surface area contributed by atoms with E-state index in [2.05, 4.69) is 10.2 Å². The topological polar surface area (TPSA) is 100 Å². The zero-order valence-corrected chi connectivity index (χ0v) is 12.1. The van der Waals surface area contributed by atoms with Crippen LogP contribution in [0.4, 0.5) is 0 Å². The van der Waals surface area contributed by atoms with Gasteiger partial charge in [0.25, 0.3) is 15.2 Å². The van der Waals surface area contributed by atoms with Gasteiger partial charge in [-0.05, 0) is 24.6 Å². The number of hydrogen-bond acceptors (Lipinski definition) is 5. The van der Waals surface area contributed by atoms with Gasteiger partial charge in [0.05, 0.1) is 7.11 Å². The highest BCUT2D eigenvalue weighted by Gasteiger charge is 2.20. The summed E-state index contributed by atoms with van der Waals surface area (Å²) in [4.78, 5) is 0. The second-order valence-corrected chi connectivity index (χ2v) is 5.67. The maximum Gasteiger partial charge on any atom is 0.273 e. The largest absolute Gasteiger partial charge is 0.497 e. The fourth-order valence-electron chi connectivity index (χ4n) is 1.94. The van der Waals surface area contributed by atoms with Gasteiger partial charge >= 0.3 is 0 Å². The fraction of sp³-hybridized carbons (Fsp3) is 0.333. The van der Waals surface area contributed by atoms with Crippen LogP contribution in [0, 0.1) is 0 Å². The molecule has 2 aromatic rings. The van der Waals surface area contributed by atoms with E-state index in [9.17, 15) is 8.42 Å². The van der Waals surface area contributed by atoms with Crippen molar-refractivity contribution in [1.82, 2.24) is 14.8 Å². The van der Waals surface area contributed by atoms with Crippen LogP contribution in [0.25, 0.3) is 0 Å². The second-order valence-electron chi connectivity index (χ2n) is 4.22. The van der Waals surface area contributed by atoms with Crippen molar-refractivity contribution in [2.75, 3.05) is 7.11 Å². The van der Waals surface area contributed by atoms with E-state index >= 15 is 0 Å². The number of nitrogens with zero attached hydrogens (tertiary/aromatic N) is 3. The molecule has 0 bridgehead atoms. The van der Waals surface area contributed by atoms with Crippen LogP contribution in [0.15, 0.2) is 29.4 Å². The zero-order valence-electron chi connectivity index (χ0n) is 11.3. The van der Waals surface area contributed by atoms with Crippen molar-refractivity contribution in [2.45, 2.75) is 25.0 Å². The summed E-state index contributed by atoms with van der Waals surface area (Å²) in [5.41, 5.74) is 0.951. The molecule has 0 aliphatic rings. The molecule has 108 valence electrons. The van der Waals surface area contributed by atoms with Crippen molar-refractivity contribution in [3.63, 3.8) is 0 Å². The van der Waals surface area contributed by atoms with Gasteiger partial charge in [0, 0.05) is 13.0 Å². The standard InChI is InChI=1S/C12H16N4O3S/c1-3-16-11(14-15-12(16)20(13,17)18)8-9-5-4-6-10(7-9)19-2/h4-7H,3,8H2,1-2H3,(H2,13,17,18). The van der Waals surface area contributed by atoms with Gasteiger partial charge in [-0.2, -0.15) is 0 Å². The Labute approximate surface area is 117 Å². The van der Waals surface area contributed by atoms with Gasteiger partial charge in [0.1, 0.15) is 11.6 Å². The molecular formula is C12H16N4O3S. The van der Waals surface area contributed by atoms with Crippen molar-refractivity contribution >= 4 is 10.0 Å². The molecular weight excluding hydrogens is 280 g/mol. The van der Waals surface area contributed by atoms with Gasteiger partial charge in [0.15, 0.2) is 0 Å². The minimum Gasteiger partial charge on any atom is -0.497 e. The third-order valence-electron chi connectivity index (χ3n) is 2.86. The predicted molar refractivity (Wildman–Crippen MR) is 72.9 cm³/mol. The second kappa shape index (κ2) is 5.59. The quantitative estimate of drug-likeness (QED) is 0.868. The van der Waals surface area contributed by atoms with Gasteiger partial charge in [-0.3, -0.25) is 0 Å². The van der Waals surface area contributed by atoms with Crippen LogP contribution in [0.5, 0.6) is 5.75 Å². The third kappa shape index (κ3) is 2.97. The van der Waals surface area contributed by atoms with E-state index in [1.54, 1.807) is 7.11 Å². The maximum absolute atomic E-state index is 11.4. The first-order valence-electron chi connectivity index (χ1n) is 6.03. The monoisotopic (exact) mass is 296 g/mol. The summed E-state index contributed by atoms with van der Waals surface area (Å²) < 4.78 is 29.5. The van der Waals surface area contributed by atoms with Crippen LogP contribution < -0.4 is 9.88 Å². The molecule has 0 aliphatic carbocycles. The van der Waals surface area contributed by atoms with E-state index in [0.29, 0.717) is 18.8 Å². The Morgan fingerprint density at radius 2 is 2.10 bits per heavy atom. The van der Waals surface area contributed by atoms with Crippen LogP contribution in [-0.4, -0.2) is 30.3 Å². The molecule has 8 heteroatoms. The SMILES string of the molecule is CCn1c(Cc2cccc(OC)c2)nnc1S(N)(=O)=O. The van der Waals surface area contributed by atoms with E-state index < -0.39 is 10.0 Å². The Morgan fingerprint density at radius 1 is 1.35 bits per heavy atom. The smallest absolute Gasteiger partial charge is 0.273 e. The first kappa shape index (κ1) is 14.5. The molecule has 1 heterocycles. The molecule has 0 radical (unpaired) electrons. The van der Waals surface area contributed by atoms with Gasteiger partial charge < -0.3 is 9.30 Å².